The highest BCUT2D eigenvalue weighted by Gasteiger charge is 2.28. The van der Waals surface area contributed by atoms with Gasteiger partial charge in [-0.1, -0.05) is 51.3 Å². The minimum atomic E-state index is -0.709. The lowest BCUT2D eigenvalue weighted by atomic mass is 10.1. The highest BCUT2D eigenvalue weighted by atomic mass is 79.9. The van der Waals surface area contributed by atoms with Crippen molar-refractivity contribution in [1.29, 1.82) is 0 Å². The monoisotopic (exact) mass is 514 g/mol. The normalized spacial score (nSPS) is 12.2. The molecule has 2 rings (SSSR count). The standard InChI is InChI=1S/C22H25BrCl2N2O3/c1-14(21(29)26-22(2,3)4)27(12-15-6-5-7-17(24)10-15)20(28)13-30-19-9-8-16(23)11-18(19)25/h5-11,14H,12-13H2,1-4H3,(H,26,29)/t14-/m0/s1. The topological polar surface area (TPSA) is 58.6 Å². The fourth-order valence-corrected chi connectivity index (χ4v) is 3.64. The minimum absolute atomic E-state index is 0.218. The third-order valence-electron chi connectivity index (χ3n) is 4.15. The molecule has 0 fully saturated rings. The van der Waals surface area contributed by atoms with Crippen molar-refractivity contribution >= 4 is 50.9 Å². The Balaban J connectivity index is 2.20. The summed E-state index contributed by atoms with van der Waals surface area (Å²) in [6, 6.07) is 11.6. The molecule has 0 spiro atoms. The number of carbonyl (C=O) groups is 2. The Kier molecular flexibility index (Phi) is 8.59. The number of amides is 2. The molecule has 0 aliphatic heterocycles. The zero-order valence-electron chi connectivity index (χ0n) is 17.3. The molecule has 2 aromatic carbocycles. The molecule has 30 heavy (non-hydrogen) atoms. The Morgan fingerprint density at radius 1 is 1.17 bits per heavy atom. The average Bonchev–Trinajstić information content (AvgIpc) is 2.63. The maximum atomic E-state index is 13.0. The maximum absolute atomic E-state index is 13.0. The van der Waals surface area contributed by atoms with E-state index in [1.54, 1.807) is 43.3 Å². The molecule has 162 valence electrons. The second-order valence-corrected chi connectivity index (χ2v) is 9.69. The van der Waals surface area contributed by atoms with E-state index in [0.717, 1.165) is 10.0 Å². The third-order valence-corrected chi connectivity index (χ3v) is 5.18. The van der Waals surface area contributed by atoms with E-state index in [0.29, 0.717) is 15.8 Å². The van der Waals surface area contributed by atoms with E-state index in [4.69, 9.17) is 27.9 Å². The van der Waals surface area contributed by atoms with Crippen LogP contribution < -0.4 is 10.1 Å². The molecule has 2 aromatic rings. The number of ether oxygens (including phenoxy) is 1. The first-order chi connectivity index (χ1) is 14.0. The zero-order valence-corrected chi connectivity index (χ0v) is 20.4. The summed E-state index contributed by atoms with van der Waals surface area (Å²) in [4.78, 5) is 27.2. The SMILES string of the molecule is C[C@@H](C(=O)NC(C)(C)C)N(Cc1cccc(Cl)c1)C(=O)COc1ccc(Br)cc1Cl. The number of nitrogens with one attached hydrogen (secondary N) is 1. The minimum Gasteiger partial charge on any atom is -0.482 e. The van der Waals surface area contributed by atoms with Crippen LogP contribution in [-0.2, 0) is 16.1 Å². The van der Waals surface area contributed by atoms with Gasteiger partial charge < -0.3 is 15.0 Å². The average molecular weight is 516 g/mol. The molecular formula is C22H25BrCl2N2O3. The van der Waals surface area contributed by atoms with Crippen LogP contribution in [0, 0.1) is 0 Å². The predicted octanol–water partition coefficient (Wildman–Crippen LogP) is 5.47. The van der Waals surface area contributed by atoms with Crippen LogP contribution in [0.4, 0.5) is 0 Å². The van der Waals surface area contributed by atoms with Gasteiger partial charge in [0.15, 0.2) is 6.61 Å². The van der Waals surface area contributed by atoms with E-state index in [2.05, 4.69) is 21.2 Å². The molecule has 0 aliphatic rings. The van der Waals surface area contributed by atoms with Gasteiger partial charge in [0.2, 0.25) is 5.91 Å². The lowest BCUT2D eigenvalue weighted by Gasteiger charge is -2.31. The van der Waals surface area contributed by atoms with Crippen LogP contribution in [0.2, 0.25) is 10.0 Å². The molecular weight excluding hydrogens is 491 g/mol. The number of halogens is 3. The predicted molar refractivity (Wildman–Crippen MR) is 124 cm³/mol. The first kappa shape index (κ1) is 24.5. The van der Waals surface area contributed by atoms with Gasteiger partial charge in [-0.05, 0) is 63.6 Å². The number of benzene rings is 2. The fraction of sp³-hybridized carbons (Fsp3) is 0.364. The molecule has 0 aliphatic carbocycles. The van der Waals surface area contributed by atoms with Crippen LogP contribution >= 0.6 is 39.1 Å². The van der Waals surface area contributed by atoms with Crippen molar-refractivity contribution in [2.24, 2.45) is 0 Å². The molecule has 0 aromatic heterocycles. The summed E-state index contributed by atoms with van der Waals surface area (Å²) in [6.45, 7) is 7.32. The largest absolute Gasteiger partial charge is 0.482 e. The van der Waals surface area contributed by atoms with Crippen LogP contribution in [0.5, 0.6) is 5.75 Å². The Hall–Kier alpha value is -1.76. The number of hydrogen-bond acceptors (Lipinski definition) is 3. The van der Waals surface area contributed by atoms with Crippen LogP contribution in [0.3, 0.4) is 0 Å². The number of rotatable bonds is 7. The van der Waals surface area contributed by atoms with Crippen molar-refractivity contribution in [3.8, 4) is 5.75 Å². The summed E-state index contributed by atoms with van der Waals surface area (Å²) in [5.41, 5.74) is 0.394. The molecule has 2 amide bonds. The summed E-state index contributed by atoms with van der Waals surface area (Å²) in [5.74, 6) is -0.201. The van der Waals surface area contributed by atoms with Crippen molar-refractivity contribution in [3.05, 3.63) is 62.5 Å². The molecule has 5 nitrogen and oxygen atoms in total. The second kappa shape index (κ2) is 10.5. The summed E-state index contributed by atoms with van der Waals surface area (Å²) < 4.78 is 6.43. The summed E-state index contributed by atoms with van der Waals surface area (Å²) in [7, 11) is 0. The molecule has 0 radical (unpaired) electrons. The highest BCUT2D eigenvalue weighted by Crippen LogP contribution is 2.28. The first-order valence-electron chi connectivity index (χ1n) is 9.40. The molecule has 1 N–H and O–H groups in total. The molecule has 1 atom stereocenters. The van der Waals surface area contributed by atoms with E-state index in [9.17, 15) is 9.59 Å². The smallest absolute Gasteiger partial charge is 0.261 e. The van der Waals surface area contributed by atoms with Crippen molar-refractivity contribution < 1.29 is 14.3 Å². The Bertz CT molecular complexity index is 915. The quantitative estimate of drug-likeness (QED) is 0.532. The van der Waals surface area contributed by atoms with Crippen LogP contribution in [0.1, 0.15) is 33.3 Å². The number of nitrogens with zero attached hydrogens (tertiary/aromatic N) is 1. The van der Waals surface area contributed by atoms with Gasteiger partial charge in [-0.15, -0.1) is 0 Å². The van der Waals surface area contributed by atoms with Gasteiger partial charge in [0, 0.05) is 21.6 Å². The van der Waals surface area contributed by atoms with E-state index in [1.807, 2.05) is 26.8 Å². The van der Waals surface area contributed by atoms with E-state index in [-0.39, 0.29) is 25.0 Å². The summed E-state index contributed by atoms with van der Waals surface area (Å²) in [6.07, 6.45) is 0. The van der Waals surface area contributed by atoms with Crippen LogP contribution in [-0.4, -0.2) is 34.9 Å². The first-order valence-corrected chi connectivity index (χ1v) is 10.9. The zero-order chi connectivity index (χ0) is 22.5. The fourth-order valence-electron chi connectivity index (χ4n) is 2.70. The molecule has 8 heteroatoms. The highest BCUT2D eigenvalue weighted by molar-refractivity contribution is 9.10. The van der Waals surface area contributed by atoms with Gasteiger partial charge >= 0.3 is 0 Å². The summed E-state index contributed by atoms with van der Waals surface area (Å²) in [5, 5.41) is 3.86. The Morgan fingerprint density at radius 3 is 2.47 bits per heavy atom. The van der Waals surface area contributed by atoms with Gasteiger partial charge in [-0.3, -0.25) is 9.59 Å². The Labute approximate surface area is 195 Å². The molecule has 0 heterocycles. The molecule has 0 saturated carbocycles. The van der Waals surface area contributed by atoms with E-state index >= 15 is 0 Å². The van der Waals surface area contributed by atoms with Crippen molar-refractivity contribution in [1.82, 2.24) is 10.2 Å². The van der Waals surface area contributed by atoms with Crippen LogP contribution in [0.15, 0.2) is 46.9 Å². The lowest BCUT2D eigenvalue weighted by Crippen LogP contribution is -2.53. The molecule has 0 unspecified atom stereocenters. The molecule has 0 saturated heterocycles. The van der Waals surface area contributed by atoms with Crippen molar-refractivity contribution in [3.63, 3.8) is 0 Å². The van der Waals surface area contributed by atoms with Gasteiger partial charge in [-0.25, -0.2) is 0 Å². The van der Waals surface area contributed by atoms with Crippen LogP contribution in [0.25, 0.3) is 0 Å². The number of hydrogen-bond donors (Lipinski definition) is 1. The van der Waals surface area contributed by atoms with Gasteiger partial charge in [0.05, 0.1) is 5.02 Å². The van der Waals surface area contributed by atoms with E-state index < -0.39 is 11.6 Å². The summed E-state index contributed by atoms with van der Waals surface area (Å²) >= 11 is 15.6. The van der Waals surface area contributed by atoms with Gasteiger partial charge in [0.1, 0.15) is 11.8 Å². The lowest BCUT2D eigenvalue weighted by molar-refractivity contribution is -0.142. The Morgan fingerprint density at radius 2 is 1.87 bits per heavy atom. The van der Waals surface area contributed by atoms with E-state index in [1.165, 1.54) is 4.90 Å². The van der Waals surface area contributed by atoms with Crippen molar-refractivity contribution in [2.75, 3.05) is 6.61 Å². The van der Waals surface area contributed by atoms with Gasteiger partial charge in [-0.2, -0.15) is 0 Å². The second-order valence-electron chi connectivity index (χ2n) is 7.93. The maximum Gasteiger partial charge on any atom is 0.261 e. The van der Waals surface area contributed by atoms with Gasteiger partial charge in [0.25, 0.3) is 5.91 Å². The van der Waals surface area contributed by atoms with Crippen molar-refractivity contribution in [2.45, 2.75) is 45.8 Å². The third kappa shape index (κ3) is 7.49. The molecule has 0 bridgehead atoms. The number of carbonyl (C=O) groups excluding carboxylic acids is 2.